The van der Waals surface area contributed by atoms with Gasteiger partial charge in [-0.2, -0.15) is 8.42 Å². The van der Waals surface area contributed by atoms with Gasteiger partial charge in [-0.05, 0) is 24.1 Å². The number of aryl methyl sites for hydroxylation is 1. The predicted molar refractivity (Wildman–Crippen MR) is 49.5 cm³/mol. The highest BCUT2D eigenvalue weighted by molar-refractivity contribution is 7.86. The van der Waals surface area contributed by atoms with Gasteiger partial charge in [0.1, 0.15) is 0 Å². The Hall–Kier alpha value is -1.10. The number of anilines is 1. The fraction of sp³-hybridized carbons (Fsp3) is 0.250. The zero-order chi connectivity index (χ0) is 9.90. The van der Waals surface area contributed by atoms with Gasteiger partial charge in [-0.3, -0.25) is 0 Å². The standard InChI is InChI=1S/C8H10FNO2S/c9-13(11,12)6-5-7-1-3-8(10)4-2-7/h1-4H,5-6,10H2. The lowest BCUT2D eigenvalue weighted by Crippen LogP contribution is -2.01. The summed E-state index contributed by atoms with van der Waals surface area (Å²) in [5.74, 6) is -0.475. The highest BCUT2D eigenvalue weighted by Crippen LogP contribution is 2.07. The Kier molecular flexibility index (Phi) is 2.87. The summed E-state index contributed by atoms with van der Waals surface area (Å²) in [6.07, 6.45) is 0.180. The zero-order valence-electron chi connectivity index (χ0n) is 6.90. The van der Waals surface area contributed by atoms with Gasteiger partial charge in [0.25, 0.3) is 0 Å². The summed E-state index contributed by atoms with van der Waals surface area (Å²) in [6, 6.07) is 6.67. The summed E-state index contributed by atoms with van der Waals surface area (Å²) in [4.78, 5) is 0. The summed E-state index contributed by atoms with van der Waals surface area (Å²) in [7, 11) is -4.36. The summed E-state index contributed by atoms with van der Waals surface area (Å²) >= 11 is 0. The first kappa shape index (κ1) is 9.98. The van der Waals surface area contributed by atoms with Gasteiger partial charge in [0.15, 0.2) is 0 Å². The van der Waals surface area contributed by atoms with Crippen molar-refractivity contribution in [2.24, 2.45) is 0 Å². The molecule has 0 saturated carbocycles. The Bertz CT molecular complexity index is 372. The highest BCUT2D eigenvalue weighted by Gasteiger charge is 2.06. The van der Waals surface area contributed by atoms with Crippen LogP contribution in [0.1, 0.15) is 5.56 Å². The number of halogens is 1. The Morgan fingerprint density at radius 1 is 1.23 bits per heavy atom. The second kappa shape index (κ2) is 3.74. The molecule has 1 aromatic rings. The molecule has 0 aromatic heterocycles. The average Bonchev–Trinajstić information content (AvgIpc) is 2.02. The number of nitrogen functional groups attached to an aromatic ring is 1. The molecule has 0 saturated heterocycles. The van der Waals surface area contributed by atoms with Crippen LogP contribution in [0, 0.1) is 0 Å². The molecule has 1 aromatic carbocycles. The van der Waals surface area contributed by atoms with E-state index in [0.717, 1.165) is 5.56 Å². The molecule has 0 unspecified atom stereocenters. The van der Waals surface area contributed by atoms with Gasteiger partial charge in [0.05, 0.1) is 5.75 Å². The van der Waals surface area contributed by atoms with E-state index in [0.29, 0.717) is 5.69 Å². The van der Waals surface area contributed by atoms with E-state index in [4.69, 9.17) is 5.73 Å². The van der Waals surface area contributed by atoms with Crippen LogP contribution in [-0.2, 0) is 16.6 Å². The molecule has 0 atom stereocenters. The topological polar surface area (TPSA) is 60.2 Å². The van der Waals surface area contributed by atoms with Crippen LogP contribution in [-0.4, -0.2) is 14.2 Å². The monoisotopic (exact) mass is 203 g/mol. The first-order chi connectivity index (χ1) is 5.97. The van der Waals surface area contributed by atoms with E-state index in [2.05, 4.69) is 0 Å². The molecule has 3 nitrogen and oxygen atoms in total. The minimum atomic E-state index is -4.36. The molecular weight excluding hydrogens is 193 g/mol. The van der Waals surface area contributed by atoms with E-state index >= 15 is 0 Å². The third-order valence-corrected chi connectivity index (χ3v) is 2.31. The second-order valence-corrected chi connectivity index (χ2v) is 4.22. The van der Waals surface area contributed by atoms with Crippen LogP contribution < -0.4 is 5.73 Å². The normalized spacial score (nSPS) is 11.5. The van der Waals surface area contributed by atoms with Crippen molar-refractivity contribution in [3.05, 3.63) is 29.8 Å². The molecule has 0 heterocycles. The lowest BCUT2D eigenvalue weighted by atomic mass is 10.2. The third-order valence-electron chi connectivity index (χ3n) is 1.61. The summed E-state index contributed by atoms with van der Waals surface area (Å²) in [5.41, 5.74) is 6.78. The molecule has 5 heteroatoms. The number of hydrogen-bond donors (Lipinski definition) is 1. The molecule has 0 aliphatic heterocycles. The number of hydrogen-bond acceptors (Lipinski definition) is 3. The van der Waals surface area contributed by atoms with E-state index in [1.165, 1.54) is 0 Å². The summed E-state index contributed by atoms with van der Waals surface area (Å²) in [6.45, 7) is 0. The molecule has 0 fully saturated rings. The van der Waals surface area contributed by atoms with Gasteiger partial charge in [-0.15, -0.1) is 3.89 Å². The van der Waals surface area contributed by atoms with Crippen molar-refractivity contribution in [2.45, 2.75) is 6.42 Å². The largest absolute Gasteiger partial charge is 0.399 e. The number of benzene rings is 1. The van der Waals surface area contributed by atoms with Gasteiger partial charge < -0.3 is 5.73 Å². The van der Waals surface area contributed by atoms with Crippen molar-refractivity contribution in [3.63, 3.8) is 0 Å². The van der Waals surface area contributed by atoms with Crippen molar-refractivity contribution in [3.8, 4) is 0 Å². The fourth-order valence-electron chi connectivity index (χ4n) is 0.924. The molecule has 0 spiro atoms. The molecule has 0 aliphatic rings. The van der Waals surface area contributed by atoms with E-state index in [1.54, 1.807) is 24.3 Å². The maximum atomic E-state index is 12.1. The minimum absolute atomic E-state index is 0.180. The van der Waals surface area contributed by atoms with Crippen molar-refractivity contribution < 1.29 is 12.3 Å². The second-order valence-electron chi connectivity index (χ2n) is 2.73. The van der Waals surface area contributed by atoms with Crippen molar-refractivity contribution in [1.82, 2.24) is 0 Å². The Morgan fingerprint density at radius 2 is 1.77 bits per heavy atom. The Balaban J connectivity index is 2.61. The Morgan fingerprint density at radius 3 is 2.23 bits per heavy atom. The molecule has 0 aliphatic carbocycles. The molecule has 0 amide bonds. The lowest BCUT2D eigenvalue weighted by molar-refractivity contribution is 0.551. The maximum absolute atomic E-state index is 12.1. The Labute approximate surface area is 76.6 Å². The van der Waals surface area contributed by atoms with Gasteiger partial charge >= 0.3 is 10.2 Å². The van der Waals surface area contributed by atoms with Gasteiger partial charge in [-0.1, -0.05) is 12.1 Å². The third kappa shape index (κ3) is 3.89. The molecular formula is C8H10FNO2S. The predicted octanol–water partition coefficient (Wildman–Crippen LogP) is 1.11. The molecule has 2 N–H and O–H groups in total. The van der Waals surface area contributed by atoms with E-state index in [9.17, 15) is 12.3 Å². The molecule has 0 radical (unpaired) electrons. The fourth-order valence-corrected chi connectivity index (χ4v) is 1.40. The lowest BCUT2D eigenvalue weighted by Gasteiger charge is -1.98. The number of rotatable bonds is 3. The van der Waals surface area contributed by atoms with E-state index in [1.807, 2.05) is 0 Å². The van der Waals surface area contributed by atoms with Gasteiger partial charge in [0.2, 0.25) is 0 Å². The highest BCUT2D eigenvalue weighted by atomic mass is 32.3. The minimum Gasteiger partial charge on any atom is -0.399 e. The van der Waals surface area contributed by atoms with E-state index in [-0.39, 0.29) is 6.42 Å². The van der Waals surface area contributed by atoms with Crippen LogP contribution in [0.4, 0.5) is 9.57 Å². The quantitative estimate of drug-likeness (QED) is 0.591. The smallest absolute Gasteiger partial charge is 0.302 e. The average molecular weight is 203 g/mol. The summed E-state index contributed by atoms with van der Waals surface area (Å²) < 4.78 is 32.5. The van der Waals surface area contributed by atoms with Crippen LogP contribution in [0.3, 0.4) is 0 Å². The maximum Gasteiger partial charge on any atom is 0.302 e. The molecule has 1 rings (SSSR count). The van der Waals surface area contributed by atoms with Gasteiger partial charge in [-0.25, -0.2) is 0 Å². The SMILES string of the molecule is Nc1ccc(CCS(=O)(=O)F)cc1. The molecule has 13 heavy (non-hydrogen) atoms. The van der Waals surface area contributed by atoms with E-state index < -0.39 is 16.0 Å². The van der Waals surface area contributed by atoms with Gasteiger partial charge in [0, 0.05) is 5.69 Å². The van der Waals surface area contributed by atoms with Crippen LogP contribution in [0.25, 0.3) is 0 Å². The van der Waals surface area contributed by atoms with Crippen LogP contribution in [0.15, 0.2) is 24.3 Å². The van der Waals surface area contributed by atoms with Crippen LogP contribution in [0.5, 0.6) is 0 Å². The van der Waals surface area contributed by atoms with Crippen molar-refractivity contribution >= 4 is 15.9 Å². The first-order valence-electron chi connectivity index (χ1n) is 3.74. The van der Waals surface area contributed by atoms with Crippen molar-refractivity contribution in [2.75, 3.05) is 11.5 Å². The first-order valence-corrected chi connectivity index (χ1v) is 5.29. The van der Waals surface area contributed by atoms with Crippen LogP contribution in [0.2, 0.25) is 0 Å². The zero-order valence-corrected chi connectivity index (χ0v) is 7.72. The van der Waals surface area contributed by atoms with Crippen LogP contribution >= 0.6 is 0 Å². The summed E-state index contributed by atoms with van der Waals surface area (Å²) in [5, 5.41) is 0. The number of nitrogens with two attached hydrogens (primary N) is 1. The molecule has 72 valence electrons. The molecule has 0 bridgehead atoms. The van der Waals surface area contributed by atoms with Crippen molar-refractivity contribution in [1.29, 1.82) is 0 Å².